The van der Waals surface area contributed by atoms with E-state index in [0.29, 0.717) is 11.3 Å². The van der Waals surface area contributed by atoms with Crippen LogP contribution in [0.1, 0.15) is 22.8 Å². The zero-order valence-electron chi connectivity index (χ0n) is 12.7. The fourth-order valence-corrected chi connectivity index (χ4v) is 3.63. The van der Waals surface area contributed by atoms with Gasteiger partial charge in [0.2, 0.25) is 0 Å². The second-order valence-electron chi connectivity index (χ2n) is 5.41. The molecule has 1 aliphatic heterocycles. The summed E-state index contributed by atoms with van der Waals surface area (Å²) in [6.07, 6.45) is -0.235. The highest BCUT2D eigenvalue weighted by molar-refractivity contribution is 7.82. The van der Waals surface area contributed by atoms with Crippen molar-refractivity contribution in [3.05, 3.63) is 52.5 Å². The second-order valence-corrected chi connectivity index (χ2v) is 6.85. The topological polar surface area (TPSA) is 75.4 Å². The van der Waals surface area contributed by atoms with Crippen molar-refractivity contribution >= 4 is 39.9 Å². The Morgan fingerprint density at radius 3 is 2.65 bits per heavy atom. The molecular formula is C16H16ClN3O2S. The molecule has 0 saturated heterocycles. The number of hydrogen-bond acceptors (Lipinski definition) is 3. The lowest BCUT2D eigenvalue weighted by atomic mass is 10.1. The number of rotatable bonds is 2. The number of carbonyl (C=O) groups is 1. The number of benzene rings is 2. The molecule has 3 rings (SSSR count). The molecule has 2 aromatic carbocycles. The Labute approximate surface area is 142 Å². The van der Waals surface area contributed by atoms with E-state index < -0.39 is 11.0 Å². The summed E-state index contributed by atoms with van der Waals surface area (Å²) < 4.78 is 11.6. The highest BCUT2D eigenvalue weighted by atomic mass is 35.5. The number of nitrogens with zero attached hydrogens (tertiary/aromatic N) is 1. The summed E-state index contributed by atoms with van der Waals surface area (Å²) in [6, 6.07) is 10.8. The van der Waals surface area contributed by atoms with Gasteiger partial charge >= 0.3 is 0 Å². The first-order chi connectivity index (χ1) is 10.9. The van der Waals surface area contributed by atoms with Crippen LogP contribution in [-0.4, -0.2) is 16.3 Å². The molecule has 7 heteroatoms. The second kappa shape index (κ2) is 5.96. The third kappa shape index (κ3) is 2.73. The van der Waals surface area contributed by atoms with Crippen LogP contribution in [0, 0.1) is 6.92 Å². The van der Waals surface area contributed by atoms with E-state index in [-0.39, 0.29) is 22.0 Å². The van der Waals surface area contributed by atoms with Gasteiger partial charge in [-0.25, -0.2) is 9.35 Å². The standard InChI is InChI=1S/C16H16ClN3O2S/c1-9-5-3-4-6-14(9)20-10(2)19-13-8-12(17)15(23(18)22)7-11(13)16(20)21/h3-8,10,19H,18H2,1-2H3/t10-,23+/m1/s1. The van der Waals surface area contributed by atoms with Crippen molar-refractivity contribution in [3.8, 4) is 0 Å². The Balaban J connectivity index is 2.13. The van der Waals surface area contributed by atoms with E-state index in [9.17, 15) is 9.00 Å². The zero-order chi connectivity index (χ0) is 16.7. The predicted octanol–water partition coefficient (Wildman–Crippen LogP) is 3.05. The minimum absolute atomic E-state index is 0.177. The van der Waals surface area contributed by atoms with Gasteiger partial charge < -0.3 is 5.32 Å². The first-order valence-corrected chi connectivity index (χ1v) is 8.64. The van der Waals surface area contributed by atoms with Gasteiger partial charge in [0, 0.05) is 5.69 Å². The molecule has 0 aromatic heterocycles. The van der Waals surface area contributed by atoms with Gasteiger partial charge in [0.1, 0.15) is 17.2 Å². The lowest BCUT2D eigenvalue weighted by molar-refractivity contribution is 0.0976. The summed E-state index contributed by atoms with van der Waals surface area (Å²) in [4.78, 5) is 14.9. The molecule has 5 nitrogen and oxygen atoms in total. The minimum Gasteiger partial charge on any atom is -0.364 e. The molecule has 2 atom stereocenters. The van der Waals surface area contributed by atoms with Gasteiger partial charge in [-0.05, 0) is 37.6 Å². The molecule has 0 fully saturated rings. The molecule has 1 heterocycles. The molecule has 0 unspecified atom stereocenters. The Bertz CT molecular complexity index is 825. The average Bonchev–Trinajstić information content (AvgIpc) is 2.48. The SMILES string of the molecule is Cc1ccccc1N1C(=O)c2cc([S@@](N)=O)c(Cl)cc2N[C@H]1C. The normalized spacial score (nSPS) is 18.3. The van der Waals surface area contributed by atoms with E-state index in [0.717, 1.165) is 11.3 Å². The van der Waals surface area contributed by atoms with Crippen LogP contribution in [0.25, 0.3) is 0 Å². The first kappa shape index (κ1) is 16.0. The predicted molar refractivity (Wildman–Crippen MR) is 93.1 cm³/mol. The van der Waals surface area contributed by atoms with Crippen molar-refractivity contribution in [2.75, 3.05) is 10.2 Å². The maximum atomic E-state index is 13.0. The Hall–Kier alpha value is -1.89. The van der Waals surface area contributed by atoms with Crippen molar-refractivity contribution < 1.29 is 9.00 Å². The summed E-state index contributed by atoms with van der Waals surface area (Å²) in [7, 11) is -1.75. The van der Waals surface area contributed by atoms with Crippen LogP contribution < -0.4 is 15.4 Å². The van der Waals surface area contributed by atoms with Crippen LogP contribution in [0.4, 0.5) is 11.4 Å². The van der Waals surface area contributed by atoms with Crippen LogP contribution >= 0.6 is 11.6 Å². The number of nitrogens with two attached hydrogens (primary N) is 1. The number of anilines is 2. The van der Waals surface area contributed by atoms with Crippen molar-refractivity contribution in [3.63, 3.8) is 0 Å². The summed E-state index contributed by atoms with van der Waals surface area (Å²) in [5.74, 6) is -0.177. The van der Waals surface area contributed by atoms with Gasteiger partial charge in [-0.3, -0.25) is 9.69 Å². The molecule has 1 amide bonds. The maximum absolute atomic E-state index is 13.0. The number of nitrogens with one attached hydrogen (secondary N) is 1. The van der Waals surface area contributed by atoms with E-state index >= 15 is 0 Å². The molecular weight excluding hydrogens is 334 g/mol. The van der Waals surface area contributed by atoms with Gasteiger partial charge in [0.15, 0.2) is 0 Å². The lowest BCUT2D eigenvalue weighted by Crippen LogP contribution is -2.47. The van der Waals surface area contributed by atoms with Crippen LogP contribution in [0.3, 0.4) is 0 Å². The number of fused-ring (bicyclic) bond motifs is 1. The first-order valence-electron chi connectivity index (χ1n) is 7.05. The molecule has 23 heavy (non-hydrogen) atoms. The van der Waals surface area contributed by atoms with E-state index in [2.05, 4.69) is 5.32 Å². The Kier molecular flexibility index (Phi) is 4.14. The van der Waals surface area contributed by atoms with Crippen LogP contribution in [0.5, 0.6) is 0 Å². The van der Waals surface area contributed by atoms with E-state index in [1.807, 2.05) is 38.1 Å². The smallest absolute Gasteiger partial charge is 0.262 e. The third-order valence-corrected chi connectivity index (χ3v) is 5.06. The number of carbonyl (C=O) groups excluding carboxylic acids is 1. The number of halogens is 1. The molecule has 0 saturated carbocycles. The Morgan fingerprint density at radius 1 is 1.30 bits per heavy atom. The number of amides is 1. The number of aryl methyl sites for hydroxylation is 1. The van der Waals surface area contributed by atoms with E-state index in [1.165, 1.54) is 6.07 Å². The summed E-state index contributed by atoms with van der Waals surface area (Å²) in [5, 5.41) is 8.97. The highest BCUT2D eigenvalue weighted by Crippen LogP contribution is 2.34. The lowest BCUT2D eigenvalue weighted by Gasteiger charge is -2.37. The van der Waals surface area contributed by atoms with Crippen molar-refractivity contribution in [2.45, 2.75) is 24.9 Å². The summed E-state index contributed by atoms with van der Waals surface area (Å²) in [6.45, 7) is 3.85. The van der Waals surface area contributed by atoms with Gasteiger partial charge in [-0.15, -0.1) is 0 Å². The van der Waals surface area contributed by atoms with Crippen molar-refractivity contribution in [2.24, 2.45) is 5.14 Å². The molecule has 0 aliphatic carbocycles. The van der Waals surface area contributed by atoms with Gasteiger partial charge in [-0.1, -0.05) is 29.8 Å². The third-order valence-electron chi connectivity index (χ3n) is 3.86. The number of para-hydroxylation sites is 1. The van der Waals surface area contributed by atoms with Crippen LogP contribution in [0.2, 0.25) is 5.02 Å². The molecule has 120 valence electrons. The van der Waals surface area contributed by atoms with Crippen LogP contribution in [0.15, 0.2) is 41.3 Å². The van der Waals surface area contributed by atoms with Crippen molar-refractivity contribution in [1.29, 1.82) is 0 Å². The quantitative estimate of drug-likeness (QED) is 0.875. The average molecular weight is 350 g/mol. The largest absolute Gasteiger partial charge is 0.364 e. The minimum atomic E-state index is -1.75. The van der Waals surface area contributed by atoms with Gasteiger partial charge in [0.25, 0.3) is 5.91 Å². The summed E-state index contributed by atoms with van der Waals surface area (Å²) in [5.41, 5.74) is 2.85. The molecule has 3 N–H and O–H groups in total. The fourth-order valence-electron chi connectivity index (χ4n) is 2.75. The molecule has 0 bridgehead atoms. The highest BCUT2D eigenvalue weighted by Gasteiger charge is 2.32. The Morgan fingerprint density at radius 2 is 2.00 bits per heavy atom. The fraction of sp³-hybridized carbons (Fsp3) is 0.188. The number of hydrogen-bond donors (Lipinski definition) is 2. The van der Waals surface area contributed by atoms with Crippen LogP contribution in [-0.2, 0) is 11.0 Å². The summed E-state index contributed by atoms with van der Waals surface area (Å²) >= 11 is 6.09. The zero-order valence-corrected chi connectivity index (χ0v) is 14.2. The monoisotopic (exact) mass is 349 g/mol. The van der Waals surface area contributed by atoms with Gasteiger partial charge in [0.05, 0.1) is 21.2 Å². The molecule has 0 radical (unpaired) electrons. The molecule has 1 aliphatic rings. The molecule has 2 aromatic rings. The van der Waals surface area contributed by atoms with E-state index in [1.54, 1.807) is 11.0 Å². The molecule has 0 spiro atoms. The van der Waals surface area contributed by atoms with Crippen molar-refractivity contribution in [1.82, 2.24) is 0 Å². The van der Waals surface area contributed by atoms with E-state index in [4.69, 9.17) is 16.7 Å². The van der Waals surface area contributed by atoms with Gasteiger partial charge in [-0.2, -0.15) is 0 Å². The maximum Gasteiger partial charge on any atom is 0.262 e.